The van der Waals surface area contributed by atoms with Crippen molar-refractivity contribution in [2.24, 2.45) is 5.92 Å². The molecule has 1 rings (SSSR count). The van der Waals surface area contributed by atoms with Crippen LogP contribution in [0.15, 0.2) is 18.2 Å². The average Bonchev–Trinajstić information content (AvgIpc) is 2.34. The minimum atomic E-state index is -0.488. The van der Waals surface area contributed by atoms with Crippen LogP contribution in [-0.4, -0.2) is 18.1 Å². The second-order valence-corrected chi connectivity index (χ2v) is 5.24. The highest BCUT2D eigenvalue weighted by Crippen LogP contribution is 2.21. The van der Waals surface area contributed by atoms with Crippen molar-refractivity contribution >= 4 is 17.3 Å². The first-order valence-electron chi connectivity index (χ1n) is 6.64. The lowest BCUT2D eigenvalue weighted by Gasteiger charge is -2.22. The van der Waals surface area contributed by atoms with Gasteiger partial charge in [0.2, 0.25) is 0 Å². The van der Waals surface area contributed by atoms with Crippen molar-refractivity contribution in [3.8, 4) is 0 Å². The molecule has 0 aliphatic rings. The maximum atomic E-state index is 12.1. The zero-order chi connectivity index (χ0) is 14.6. The number of nitrogen functional groups attached to an aromatic ring is 1. The molecule has 0 aliphatic heterocycles. The van der Waals surface area contributed by atoms with E-state index in [1.54, 1.807) is 6.92 Å². The molecule has 3 N–H and O–H groups in total. The van der Waals surface area contributed by atoms with E-state index in [1.807, 2.05) is 32.0 Å². The molecule has 0 heterocycles. The number of amides is 1. The van der Waals surface area contributed by atoms with Crippen molar-refractivity contribution in [3.63, 3.8) is 0 Å². The predicted octanol–water partition coefficient (Wildman–Crippen LogP) is 2.97. The predicted molar refractivity (Wildman–Crippen MR) is 79.1 cm³/mol. The van der Waals surface area contributed by atoms with Crippen LogP contribution in [0.5, 0.6) is 0 Å². The number of anilines is 2. The van der Waals surface area contributed by atoms with Gasteiger partial charge in [-0.05, 0) is 44.4 Å². The van der Waals surface area contributed by atoms with Gasteiger partial charge < -0.3 is 15.8 Å². The third kappa shape index (κ3) is 4.24. The smallest absolute Gasteiger partial charge is 0.253 e. The lowest BCUT2D eigenvalue weighted by atomic mass is 10.1. The molecular formula is C15H24N2O2. The van der Waals surface area contributed by atoms with Crippen LogP contribution in [0.4, 0.5) is 11.4 Å². The molecule has 0 bridgehead atoms. The highest BCUT2D eigenvalue weighted by Gasteiger charge is 2.19. The van der Waals surface area contributed by atoms with Crippen LogP contribution in [0.1, 0.15) is 33.3 Å². The van der Waals surface area contributed by atoms with Crippen LogP contribution in [0.3, 0.4) is 0 Å². The number of rotatable bonds is 5. The van der Waals surface area contributed by atoms with E-state index in [-0.39, 0.29) is 12.0 Å². The first-order valence-corrected chi connectivity index (χ1v) is 6.64. The number of carbonyl (C=O) groups is 1. The lowest BCUT2D eigenvalue weighted by Crippen LogP contribution is -2.32. The van der Waals surface area contributed by atoms with E-state index >= 15 is 0 Å². The van der Waals surface area contributed by atoms with Gasteiger partial charge in [-0.2, -0.15) is 0 Å². The fourth-order valence-corrected chi connectivity index (χ4v) is 1.56. The molecule has 0 aromatic heterocycles. The topological polar surface area (TPSA) is 64.3 Å². The van der Waals surface area contributed by atoms with Crippen LogP contribution in [0.25, 0.3) is 0 Å². The highest BCUT2D eigenvalue weighted by molar-refractivity contribution is 5.95. The second-order valence-electron chi connectivity index (χ2n) is 5.24. The molecule has 4 heteroatoms. The summed E-state index contributed by atoms with van der Waals surface area (Å²) in [5, 5.41) is 2.85. The summed E-state index contributed by atoms with van der Waals surface area (Å²) >= 11 is 0. The number of ether oxygens (including phenoxy) is 1. The number of hydrogen-bond donors (Lipinski definition) is 2. The summed E-state index contributed by atoms with van der Waals surface area (Å²) in [6.07, 6.45) is -0.444. The average molecular weight is 264 g/mol. The third-order valence-electron chi connectivity index (χ3n) is 3.36. The molecule has 0 fully saturated rings. The van der Waals surface area contributed by atoms with Crippen molar-refractivity contribution in [2.75, 3.05) is 11.1 Å². The summed E-state index contributed by atoms with van der Waals surface area (Å²) in [6, 6.07) is 5.47. The van der Waals surface area contributed by atoms with E-state index in [9.17, 15) is 4.79 Å². The third-order valence-corrected chi connectivity index (χ3v) is 3.36. The number of nitrogens with two attached hydrogens (primary N) is 1. The van der Waals surface area contributed by atoms with E-state index < -0.39 is 6.10 Å². The molecule has 2 unspecified atom stereocenters. The Balaban J connectivity index is 2.66. The van der Waals surface area contributed by atoms with Crippen molar-refractivity contribution in [1.29, 1.82) is 0 Å². The van der Waals surface area contributed by atoms with Crippen LogP contribution >= 0.6 is 0 Å². The van der Waals surface area contributed by atoms with Crippen LogP contribution in [-0.2, 0) is 9.53 Å². The fraction of sp³-hybridized carbons (Fsp3) is 0.533. The van der Waals surface area contributed by atoms with Gasteiger partial charge in [0.15, 0.2) is 0 Å². The van der Waals surface area contributed by atoms with Crippen molar-refractivity contribution < 1.29 is 9.53 Å². The number of hydrogen-bond acceptors (Lipinski definition) is 3. The molecule has 0 saturated heterocycles. The Morgan fingerprint density at radius 2 is 1.89 bits per heavy atom. The molecule has 0 aliphatic carbocycles. The van der Waals surface area contributed by atoms with Gasteiger partial charge in [0.05, 0.1) is 6.10 Å². The largest absolute Gasteiger partial charge is 0.398 e. The molecule has 0 saturated carbocycles. The summed E-state index contributed by atoms with van der Waals surface area (Å²) in [5.41, 5.74) is 8.09. The normalized spacial score (nSPS) is 14.2. The summed E-state index contributed by atoms with van der Waals surface area (Å²) in [6.45, 7) is 9.75. The summed E-state index contributed by atoms with van der Waals surface area (Å²) in [5.74, 6) is 0.227. The van der Waals surface area contributed by atoms with E-state index in [4.69, 9.17) is 10.5 Å². The molecule has 0 radical (unpaired) electrons. The van der Waals surface area contributed by atoms with E-state index in [2.05, 4.69) is 19.2 Å². The zero-order valence-electron chi connectivity index (χ0n) is 12.4. The Morgan fingerprint density at radius 3 is 2.47 bits per heavy atom. The van der Waals surface area contributed by atoms with Gasteiger partial charge in [0.25, 0.3) is 5.91 Å². The Morgan fingerprint density at radius 1 is 1.26 bits per heavy atom. The molecule has 0 spiro atoms. The fourth-order valence-electron chi connectivity index (χ4n) is 1.56. The van der Waals surface area contributed by atoms with Gasteiger partial charge in [0, 0.05) is 11.4 Å². The number of benzene rings is 1. The summed E-state index contributed by atoms with van der Waals surface area (Å²) in [4.78, 5) is 12.1. The van der Waals surface area contributed by atoms with Gasteiger partial charge >= 0.3 is 0 Å². The van der Waals surface area contributed by atoms with Gasteiger partial charge in [0.1, 0.15) is 6.10 Å². The minimum absolute atomic E-state index is 0.0442. The standard InChI is InChI=1S/C15H24N2O2/c1-9(2)11(4)19-12(5)15(18)17-14-8-6-7-13(16)10(14)3/h6-9,11-12H,16H2,1-5H3,(H,17,18). The SMILES string of the molecule is Cc1c(N)cccc1NC(=O)C(C)OC(C)C(C)C. The molecule has 19 heavy (non-hydrogen) atoms. The minimum Gasteiger partial charge on any atom is -0.398 e. The first kappa shape index (κ1) is 15.5. The van der Waals surface area contributed by atoms with Crippen molar-refractivity contribution in [1.82, 2.24) is 0 Å². The Bertz CT molecular complexity index is 444. The number of carbonyl (C=O) groups excluding carboxylic acids is 1. The molecule has 4 nitrogen and oxygen atoms in total. The monoisotopic (exact) mass is 264 g/mol. The number of nitrogens with one attached hydrogen (secondary N) is 1. The zero-order valence-corrected chi connectivity index (χ0v) is 12.4. The molecule has 1 aromatic carbocycles. The van der Waals surface area contributed by atoms with Gasteiger partial charge in [-0.15, -0.1) is 0 Å². The van der Waals surface area contributed by atoms with Crippen LogP contribution in [0, 0.1) is 12.8 Å². The van der Waals surface area contributed by atoms with Crippen LogP contribution in [0.2, 0.25) is 0 Å². The highest BCUT2D eigenvalue weighted by atomic mass is 16.5. The molecule has 1 aromatic rings. The van der Waals surface area contributed by atoms with Crippen molar-refractivity contribution in [2.45, 2.75) is 46.8 Å². The Kier molecular flexibility index (Phi) is 5.36. The van der Waals surface area contributed by atoms with Gasteiger partial charge in [-0.1, -0.05) is 19.9 Å². The molecule has 106 valence electrons. The Labute approximate surface area is 115 Å². The Hall–Kier alpha value is -1.55. The van der Waals surface area contributed by atoms with Crippen molar-refractivity contribution in [3.05, 3.63) is 23.8 Å². The van der Waals surface area contributed by atoms with E-state index in [0.29, 0.717) is 11.6 Å². The molecule has 1 amide bonds. The van der Waals surface area contributed by atoms with Crippen LogP contribution < -0.4 is 11.1 Å². The second kappa shape index (κ2) is 6.57. The quantitative estimate of drug-likeness (QED) is 0.804. The summed E-state index contributed by atoms with van der Waals surface area (Å²) < 4.78 is 5.67. The van der Waals surface area contributed by atoms with Gasteiger partial charge in [-0.25, -0.2) is 0 Å². The first-order chi connectivity index (χ1) is 8.82. The maximum absolute atomic E-state index is 12.1. The molecule has 2 atom stereocenters. The molecular weight excluding hydrogens is 240 g/mol. The maximum Gasteiger partial charge on any atom is 0.253 e. The van der Waals surface area contributed by atoms with E-state index in [1.165, 1.54) is 0 Å². The summed E-state index contributed by atoms with van der Waals surface area (Å²) in [7, 11) is 0. The lowest BCUT2D eigenvalue weighted by molar-refractivity contribution is -0.130. The van der Waals surface area contributed by atoms with E-state index in [0.717, 1.165) is 11.3 Å². The van der Waals surface area contributed by atoms with Gasteiger partial charge in [-0.3, -0.25) is 4.79 Å².